The number of halogens is 1. The number of hydrogen-bond donors (Lipinski definition) is 0. The summed E-state index contributed by atoms with van der Waals surface area (Å²) in [6, 6.07) is 6.66. The lowest BCUT2D eigenvalue weighted by molar-refractivity contribution is -0.129. The Morgan fingerprint density at radius 2 is 1.77 bits per heavy atom. The largest absolute Gasteiger partial charge is 0.341 e. The highest BCUT2D eigenvalue weighted by molar-refractivity contribution is 7.92. The highest BCUT2D eigenvalue weighted by atomic mass is 35.5. The van der Waals surface area contributed by atoms with Crippen molar-refractivity contribution in [3.05, 3.63) is 29.3 Å². The molecule has 0 radical (unpaired) electrons. The fourth-order valence-corrected chi connectivity index (χ4v) is 3.73. The third-order valence-electron chi connectivity index (χ3n) is 3.76. The van der Waals surface area contributed by atoms with Gasteiger partial charge in [-0.15, -0.1) is 0 Å². The molecule has 1 heterocycles. The van der Waals surface area contributed by atoms with E-state index in [1.54, 1.807) is 29.2 Å². The van der Waals surface area contributed by atoms with Crippen LogP contribution in [-0.4, -0.2) is 45.1 Å². The second-order valence-corrected chi connectivity index (χ2v) is 7.83. The zero-order chi connectivity index (χ0) is 16.2. The minimum atomic E-state index is -3.58. The van der Waals surface area contributed by atoms with Crippen LogP contribution in [0.3, 0.4) is 0 Å². The molecule has 1 aromatic carbocycles. The molecule has 1 amide bonds. The standard InChI is InChI=1S/C15H21ClN2O3S/c1-22(20,21)18(14-9-5-4-8-13(14)16)12-15(19)17-10-6-2-3-7-11-17/h4-5,8-9H,2-3,6-7,10-12H2,1H3. The Hall–Kier alpha value is -1.27. The molecule has 0 aromatic heterocycles. The van der Waals surface area contributed by atoms with E-state index in [1.165, 1.54) is 0 Å². The van der Waals surface area contributed by atoms with E-state index >= 15 is 0 Å². The molecule has 122 valence electrons. The van der Waals surface area contributed by atoms with E-state index in [-0.39, 0.29) is 12.5 Å². The minimum Gasteiger partial charge on any atom is -0.341 e. The smallest absolute Gasteiger partial charge is 0.243 e. The van der Waals surface area contributed by atoms with E-state index in [0.29, 0.717) is 23.8 Å². The predicted molar refractivity (Wildman–Crippen MR) is 88.7 cm³/mol. The maximum atomic E-state index is 12.5. The lowest BCUT2D eigenvalue weighted by Crippen LogP contribution is -2.43. The summed E-state index contributed by atoms with van der Waals surface area (Å²) in [5.41, 5.74) is 0.342. The van der Waals surface area contributed by atoms with Gasteiger partial charge < -0.3 is 4.90 Å². The van der Waals surface area contributed by atoms with Crippen LogP contribution in [0.4, 0.5) is 5.69 Å². The Morgan fingerprint density at radius 3 is 2.32 bits per heavy atom. The highest BCUT2D eigenvalue weighted by Gasteiger charge is 2.25. The van der Waals surface area contributed by atoms with Gasteiger partial charge in [-0.3, -0.25) is 9.10 Å². The summed E-state index contributed by atoms with van der Waals surface area (Å²) in [5, 5.41) is 0.316. The normalized spacial score (nSPS) is 16.2. The molecule has 22 heavy (non-hydrogen) atoms. The molecule has 0 aliphatic carbocycles. The molecule has 2 rings (SSSR count). The molecule has 0 unspecified atom stereocenters. The number of nitrogens with zero attached hydrogens (tertiary/aromatic N) is 2. The highest BCUT2D eigenvalue weighted by Crippen LogP contribution is 2.27. The van der Waals surface area contributed by atoms with Gasteiger partial charge in [-0.1, -0.05) is 36.6 Å². The molecule has 0 spiro atoms. The van der Waals surface area contributed by atoms with E-state index in [1.807, 2.05) is 0 Å². The summed E-state index contributed by atoms with van der Waals surface area (Å²) in [6.07, 6.45) is 5.26. The second kappa shape index (κ2) is 7.33. The van der Waals surface area contributed by atoms with Gasteiger partial charge in [-0.05, 0) is 25.0 Å². The maximum Gasteiger partial charge on any atom is 0.243 e. The Kier molecular flexibility index (Phi) is 5.69. The van der Waals surface area contributed by atoms with Crippen LogP contribution >= 0.6 is 11.6 Å². The van der Waals surface area contributed by atoms with E-state index in [0.717, 1.165) is 36.2 Å². The first-order chi connectivity index (χ1) is 10.4. The number of anilines is 1. The van der Waals surface area contributed by atoms with E-state index < -0.39 is 10.0 Å². The Labute approximate surface area is 136 Å². The summed E-state index contributed by atoms with van der Waals surface area (Å²) in [5.74, 6) is -0.174. The molecule has 0 bridgehead atoms. The first kappa shape index (κ1) is 17.1. The summed E-state index contributed by atoms with van der Waals surface area (Å²) >= 11 is 6.09. The van der Waals surface area contributed by atoms with Crippen LogP contribution < -0.4 is 4.31 Å². The topological polar surface area (TPSA) is 57.7 Å². The third kappa shape index (κ3) is 4.36. The third-order valence-corrected chi connectivity index (χ3v) is 5.21. The SMILES string of the molecule is CS(=O)(=O)N(CC(=O)N1CCCCCC1)c1ccccc1Cl. The molecule has 1 saturated heterocycles. The van der Waals surface area contributed by atoms with Gasteiger partial charge >= 0.3 is 0 Å². The minimum absolute atomic E-state index is 0.174. The summed E-state index contributed by atoms with van der Waals surface area (Å²) in [4.78, 5) is 14.2. The zero-order valence-corrected chi connectivity index (χ0v) is 14.2. The first-order valence-corrected chi connectivity index (χ1v) is 9.62. The van der Waals surface area contributed by atoms with Crippen molar-refractivity contribution in [2.45, 2.75) is 25.7 Å². The zero-order valence-electron chi connectivity index (χ0n) is 12.7. The van der Waals surface area contributed by atoms with E-state index in [4.69, 9.17) is 11.6 Å². The predicted octanol–water partition coefficient (Wildman–Crippen LogP) is 2.51. The van der Waals surface area contributed by atoms with Gasteiger partial charge in [0.15, 0.2) is 0 Å². The molecule has 0 atom stereocenters. The van der Waals surface area contributed by atoms with Crippen LogP contribution in [-0.2, 0) is 14.8 Å². The molecular weight excluding hydrogens is 324 g/mol. The number of rotatable bonds is 4. The van der Waals surface area contributed by atoms with Crippen LogP contribution in [0.25, 0.3) is 0 Å². The molecule has 1 aromatic rings. The van der Waals surface area contributed by atoms with Crippen LogP contribution in [0.1, 0.15) is 25.7 Å². The molecule has 0 N–H and O–H groups in total. The Bertz CT molecular complexity index is 625. The summed E-state index contributed by atoms with van der Waals surface area (Å²) < 4.78 is 25.2. The average molecular weight is 345 g/mol. The maximum absolute atomic E-state index is 12.5. The number of likely N-dealkylation sites (tertiary alicyclic amines) is 1. The van der Waals surface area contributed by atoms with Crippen LogP contribution in [0, 0.1) is 0 Å². The summed E-state index contributed by atoms with van der Waals surface area (Å²) in [6.45, 7) is 1.18. The molecule has 5 nitrogen and oxygen atoms in total. The van der Waals surface area contributed by atoms with Crippen molar-refractivity contribution in [3.63, 3.8) is 0 Å². The quantitative estimate of drug-likeness (QED) is 0.843. The Morgan fingerprint density at radius 1 is 1.18 bits per heavy atom. The number of carbonyl (C=O) groups excluding carboxylic acids is 1. The molecule has 0 saturated carbocycles. The van der Waals surface area contributed by atoms with Crippen LogP contribution in [0.5, 0.6) is 0 Å². The lowest BCUT2D eigenvalue weighted by Gasteiger charge is -2.27. The van der Waals surface area contributed by atoms with Gasteiger partial charge in [0.1, 0.15) is 6.54 Å². The number of para-hydroxylation sites is 1. The number of hydrogen-bond acceptors (Lipinski definition) is 3. The fraction of sp³-hybridized carbons (Fsp3) is 0.533. The van der Waals surface area contributed by atoms with Gasteiger partial charge in [0.25, 0.3) is 0 Å². The van der Waals surface area contributed by atoms with Gasteiger partial charge in [0.2, 0.25) is 15.9 Å². The van der Waals surface area contributed by atoms with Gasteiger partial charge in [0.05, 0.1) is 17.0 Å². The van der Waals surface area contributed by atoms with E-state index in [9.17, 15) is 13.2 Å². The van der Waals surface area contributed by atoms with Crippen molar-refractivity contribution in [1.29, 1.82) is 0 Å². The van der Waals surface area contributed by atoms with Crippen LogP contribution in [0.2, 0.25) is 5.02 Å². The molecule has 1 aliphatic heterocycles. The van der Waals surface area contributed by atoms with Crippen molar-refractivity contribution in [2.75, 3.05) is 30.2 Å². The van der Waals surface area contributed by atoms with Crippen molar-refractivity contribution in [1.82, 2.24) is 4.90 Å². The monoisotopic (exact) mass is 344 g/mol. The average Bonchev–Trinajstić information content (AvgIpc) is 2.73. The lowest BCUT2D eigenvalue weighted by atomic mass is 10.2. The van der Waals surface area contributed by atoms with Crippen LogP contribution in [0.15, 0.2) is 24.3 Å². The number of sulfonamides is 1. The number of carbonyl (C=O) groups is 1. The Balaban J connectivity index is 2.21. The number of amides is 1. The van der Waals surface area contributed by atoms with Gasteiger partial charge in [-0.2, -0.15) is 0 Å². The van der Waals surface area contributed by atoms with Crippen molar-refractivity contribution >= 4 is 33.2 Å². The summed E-state index contributed by atoms with van der Waals surface area (Å²) in [7, 11) is -3.58. The fourth-order valence-electron chi connectivity index (χ4n) is 2.58. The number of benzene rings is 1. The molecular formula is C15H21ClN2O3S. The molecule has 7 heteroatoms. The van der Waals surface area contributed by atoms with Crippen molar-refractivity contribution in [3.8, 4) is 0 Å². The molecule has 1 fully saturated rings. The van der Waals surface area contributed by atoms with Gasteiger partial charge in [0, 0.05) is 13.1 Å². The second-order valence-electron chi connectivity index (χ2n) is 5.52. The van der Waals surface area contributed by atoms with E-state index in [2.05, 4.69) is 0 Å². The first-order valence-electron chi connectivity index (χ1n) is 7.39. The van der Waals surface area contributed by atoms with Crippen molar-refractivity contribution in [2.24, 2.45) is 0 Å². The van der Waals surface area contributed by atoms with Gasteiger partial charge in [-0.25, -0.2) is 8.42 Å². The van der Waals surface area contributed by atoms with Crippen molar-refractivity contribution < 1.29 is 13.2 Å². The molecule has 1 aliphatic rings.